The van der Waals surface area contributed by atoms with Crippen molar-refractivity contribution in [2.24, 2.45) is 5.73 Å². The number of hydrogen-bond donors (Lipinski definition) is 1. The molecule has 0 aromatic carbocycles. The highest BCUT2D eigenvalue weighted by molar-refractivity contribution is 5.85. The summed E-state index contributed by atoms with van der Waals surface area (Å²) in [5, 5.41) is 0. The van der Waals surface area contributed by atoms with Gasteiger partial charge in [-0.05, 0) is 18.9 Å². The third kappa shape index (κ3) is 3.19. The zero-order valence-corrected chi connectivity index (χ0v) is 10.0. The van der Waals surface area contributed by atoms with Gasteiger partial charge < -0.3 is 10.6 Å². The van der Waals surface area contributed by atoms with Crippen LogP contribution in [0.1, 0.15) is 12.8 Å². The predicted octanol–water partition coefficient (Wildman–Crippen LogP) is 1.25. The Morgan fingerprint density at radius 1 is 1.33 bits per heavy atom. The molecule has 2 rings (SSSR count). The van der Waals surface area contributed by atoms with E-state index >= 15 is 0 Å². The van der Waals surface area contributed by atoms with Crippen LogP contribution in [0.25, 0.3) is 0 Å². The smallest absolute Gasteiger partial charge is 0.225 e. The number of rotatable bonds is 2. The van der Waals surface area contributed by atoms with Crippen LogP contribution in [0.4, 0.5) is 5.95 Å². The Morgan fingerprint density at radius 2 is 2.00 bits per heavy atom. The van der Waals surface area contributed by atoms with Gasteiger partial charge in [-0.2, -0.15) is 0 Å². The van der Waals surface area contributed by atoms with Gasteiger partial charge in [0.1, 0.15) is 0 Å². The van der Waals surface area contributed by atoms with Crippen LogP contribution in [0, 0.1) is 0 Å². The molecular formula is C9H16Cl2N4. The van der Waals surface area contributed by atoms with Crippen LogP contribution in [0.15, 0.2) is 18.5 Å². The Kier molecular flexibility index (Phi) is 6.56. The van der Waals surface area contributed by atoms with Gasteiger partial charge in [0.2, 0.25) is 5.95 Å². The number of halogens is 2. The molecule has 0 amide bonds. The van der Waals surface area contributed by atoms with Gasteiger partial charge in [-0.25, -0.2) is 9.97 Å². The lowest BCUT2D eigenvalue weighted by Crippen LogP contribution is -2.36. The van der Waals surface area contributed by atoms with E-state index in [9.17, 15) is 0 Å². The van der Waals surface area contributed by atoms with E-state index in [1.165, 1.54) is 6.42 Å². The largest absolute Gasteiger partial charge is 0.337 e. The second-order valence-corrected chi connectivity index (χ2v) is 3.27. The molecule has 1 atom stereocenters. The van der Waals surface area contributed by atoms with E-state index in [-0.39, 0.29) is 24.8 Å². The molecule has 4 nitrogen and oxygen atoms in total. The predicted molar refractivity (Wildman–Crippen MR) is 66.0 cm³/mol. The molecule has 6 heteroatoms. The Hall–Kier alpha value is -0.580. The molecule has 1 unspecified atom stereocenters. The average molecular weight is 251 g/mol. The maximum Gasteiger partial charge on any atom is 0.225 e. The van der Waals surface area contributed by atoms with Gasteiger partial charge in [0.05, 0.1) is 0 Å². The van der Waals surface area contributed by atoms with Crippen molar-refractivity contribution in [3.8, 4) is 0 Å². The average Bonchev–Trinajstić information content (AvgIpc) is 2.67. The summed E-state index contributed by atoms with van der Waals surface area (Å²) < 4.78 is 0. The number of aromatic nitrogens is 2. The zero-order valence-electron chi connectivity index (χ0n) is 8.37. The minimum atomic E-state index is 0. The molecule has 0 spiro atoms. The van der Waals surface area contributed by atoms with Crippen LogP contribution in [0.5, 0.6) is 0 Å². The molecule has 0 bridgehead atoms. The summed E-state index contributed by atoms with van der Waals surface area (Å²) in [6.07, 6.45) is 5.90. The Balaban J connectivity index is 0.000000980. The topological polar surface area (TPSA) is 55.0 Å². The van der Waals surface area contributed by atoms with Crippen LogP contribution in [0.2, 0.25) is 0 Å². The van der Waals surface area contributed by atoms with Crippen LogP contribution < -0.4 is 10.6 Å². The van der Waals surface area contributed by atoms with E-state index in [0.29, 0.717) is 12.6 Å². The summed E-state index contributed by atoms with van der Waals surface area (Å²) in [4.78, 5) is 10.6. The van der Waals surface area contributed by atoms with E-state index in [4.69, 9.17) is 5.73 Å². The van der Waals surface area contributed by atoms with Crippen molar-refractivity contribution >= 4 is 30.8 Å². The lowest BCUT2D eigenvalue weighted by molar-refractivity contribution is 0.664. The molecular weight excluding hydrogens is 235 g/mol. The molecule has 1 fully saturated rings. The fourth-order valence-electron chi connectivity index (χ4n) is 1.78. The molecule has 2 heterocycles. The van der Waals surface area contributed by atoms with E-state index in [1.807, 2.05) is 6.07 Å². The summed E-state index contributed by atoms with van der Waals surface area (Å²) in [6, 6.07) is 2.26. The number of hydrogen-bond acceptors (Lipinski definition) is 4. The first-order valence-electron chi connectivity index (χ1n) is 4.65. The highest BCUT2D eigenvalue weighted by Crippen LogP contribution is 2.20. The van der Waals surface area contributed by atoms with Crippen molar-refractivity contribution in [1.82, 2.24) is 9.97 Å². The summed E-state index contributed by atoms with van der Waals surface area (Å²) in [5.74, 6) is 0.815. The molecule has 86 valence electrons. The van der Waals surface area contributed by atoms with E-state index in [1.54, 1.807) is 12.4 Å². The standard InChI is InChI=1S/C9H14N4.2ClH/c10-7-8-3-1-6-13(8)9-11-4-2-5-12-9;;/h2,4-5,8H,1,3,6-7,10H2;2*1H. The van der Waals surface area contributed by atoms with Gasteiger partial charge in [-0.3, -0.25) is 0 Å². The SMILES string of the molecule is Cl.Cl.NCC1CCCN1c1ncccn1. The number of anilines is 1. The fourth-order valence-corrected chi connectivity index (χ4v) is 1.78. The van der Waals surface area contributed by atoms with Crippen molar-refractivity contribution in [2.75, 3.05) is 18.0 Å². The van der Waals surface area contributed by atoms with Crippen LogP contribution >= 0.6 is 24.8 Å². The van der Waals surface area contributed by atoms with Gasteiger partial charge >= 0.3 is 0 Å². The monoisotopic (exact) mass is 250 g/mol. The van der Waals surface area contributed by atoms with Crippen LogP contribution in [-0.2, 0) is 0 Å². The minimum Gasteiger partial charge on any atom is -0.337 e. The molecule has 1 aliphatic heterocycles. The van der Waals surface area contributed by atoms with Gasteiger partial charge in [0.15, 0.2) is 0 Å². The van der Waals surface area contributed by atoms with Gasteiger partial charge in [0.25, 0.3) is 0 Å². The second-order valence-electron chi connectivity index (χ2n) is 3.27. The van der Waals surface area contributed by atoms with Crippen molar-refractivity contribution < 1.29 is 0 Å². The van der Waals surface area contributed by atoms with Crippen molar-refractivity contribution in [3.63, 3.8) is 0 Å². The zero-order chi connectivity index (χ0) is 9.10. The highest BCUT2D eigenvalue weighted by Gasteiger charge is 2.24. The normalized spacial score (nSPS) is 19.3. The molecule has 1 aromatic heterocycles. The maximum atomic E-state index is 5.66. The Labute approximate surface area is 102 Å². The lowest BCUT2D eigenvalue weighted by atomic mass is 10.2. The van der Waals surface area contributed by atoms with Gasteiger partial charge in [-0.1, -0.05) is 0 Å². The van der Waals surface area contributed by atoms with E-state index in [0.717, 1.165) is 18.9 Å². The molecule has 1 aromatic rings. The minimum absolute atomic E-state index is 0. The molecule has 1 aliphatic rings. The van der Waals surface area contributed by atoms with Crippen molar-refractivity contribution in [3.05, 3.63) is 18.5 Å². The van der Waals surface area contributed by atoms with Crippen LogP contribution in [-0.4, -0.2) is 29.1 Å². The number of nitrogens with zero attached hydrogens (tertiary/aromatic N) is 3. The second kappa shape index (κ2) is 6.82. The molecule has 0 aliphatic carbocycles. The third-order valence-corrected chi connectivity index (χ3v) is 2.46. The lowest BCUT2D eigenvalue weighted by Gasteiger charge is -2.22. The first kappa shape index (κ1) is 14.4. The fraction of sp³-hybridized carbons (Fsp3) is 0.556. The summed E-state index contributed by atoms with van der Waals surface area (Å²) >= 11 is 0. The first-order chi connectivity index (χ1) is 6.42. The molecule has 0 saturated carbocycles. The maximum absolute atomic E-state index is 5.66. The summed E-state index contributed by atoms with van der Waals surface area (Å²) in [5.41, 5.74) is 5.66. The Morgan fingerprint density at radius 3 is 2.60 bits per heavy atom. The van der Waals surface area contributed by atoms with Gasteiger partial charge in [0, 0.05) is 31.5 Å². The van der Waals surface area contributed by atoms with E-state index < -0.39 is 0 Å². The van der Waals surface area contributed by atoms with Crippen molar-refractivity contribution in [2.45, 2.75) is 18.9 Å². The highest BCUT2D eigenvalue weighted by atomic mass is 35.5. The van der Waals surface area contributed by atoms with Crippen molar-refractivity contribution in [1.29, 1.82) is 0 Å². The quantitative estimate of drug-likeness (QED) is 0.859. The Bertz CT molecular complexity index is 270. The third-order valence-electron chi connectivity index (χ3n) is 2.46. The molecule has 15 heavy (non-hydrogen) atoms. The van der Waals surface area contributed by atoms with Crippen LogP contribution in [0.3, 0.4) is 0 Å². The summed E-state index contributed by atoms with van der Waals surface area (Å²) in [7, 11) is 0. The summed E-state index contributed by atoms with van der Waals surface area (Å²) in [6.45, 7) is 1.73. The molecule has 0 radical (unpaired) electrons. The van der Waals surface area contributed by atoms with E-state index in [2.05, 4.69) is 14.9 Å². The first-order valence-corrected chi connectivity index (χ1v) is 4.65. The number of nitrogens with two attached hydrogens (primary N) is 1. The molecule has 1 saturated heterocycles. The van der Waals surface area contributed by atoms with Gasteiger partial charge in [-0.15, -0.1) is 24.8 Å². The molecule has 2 N–H and O–H groups in total.